The molecule has 0 rings (SSSR count). The Bertz CT molecular complexity index is 411. The van der Waals surface area contributed by atoms with E-state index in [-0.39, 0.29) is 13.2 Å². The standard InChI is InChI=1S/C20H43O11P/c1-24-8-4-11-27-16-20(17-28-12-5-9-25-2,18-29-13-6-10-26-3)19-30-14-7-15-31-32(21,22)23/h4-19H2,1-3H3,(H2,21,22,23). The molecule has 0 saturated heterocycles. The molecule has 0 unspecified atom stereocenters. The molecule has 0 aliphatic heterocycles. The lowest BCUT2D eigenvalue weighted by molar-refractivity contribution is -0.110. The second kappa shape index (κ2) is 21.4. The van der Waals surface area contributed by atoms with Crippen LogP contribution in [0, 0.1) is 5.41 Å². The lowest BCUT2D eigenvalue weighted by Gasteiger charge is -2.33. The van der Waals surface area contributed by atoms with Gasteiger partial charge in [0.1, 0.15) is 0 Å². The summed E-state index contributed by atoms with van der Waals surface area (Å²) in [6.45, 7) is 5.10. The third-order valence-corrected chi connectivity index (χ3v) is 4.76. The molecule has 0 heterocycles. The van der Waals surface area contributed by atoms with Crippen molar-refractivity contribution in [2.45, 2.75) is 25.7 Å². The zero-order valence-corrected chi connectivity index (χ0v) is 20.7. The summed E-state index contributed by atoms with van der Waals surface area (Å²) in [5.41, 5.74) is -0.530. The third-order valence-electron chi connectivity index (χ3n) is 4.24. The second-order valence-electron chi connectivity index (χ2n) is 7.43. The van der Waals surface area contributed by atoms with Gasteiger partial charge in [-0.3, -0.25) is 4.52 Å². The van der Waals surface area contributed by atoms with Crippen LogP contribution < -0.4 is 0 Å². The van der Waals surface area contributed by atoms with Crippen LogP contribution in [0.1, 0.15) is 25.7 Å². The van der Waals surface area contributed by atoms with E-state index >= 15 is 0 Å². The van der Waals surface area contributed by atoms with E-state index < -0.39 is 13.2 Å². The maximum Gasteiger partial charge on any atom is 0.469 e. The summed E-state index contributed by atoms with van der Waals surface area (Å²) in [5, 5.41) is 0. The van der Waals surface area contributed by atoms with E-state index in [0.29, 0.717) is 72.5 Å². The van der Waals surface area contributed by atoms with Crippen LogP contribution in [0.25, 0.3) is 0 Å². The summed E-state index contributed by atoms with van der Waals surface area (Å²) < 4.78 is 53.8. The highest BCUT2D eigenvalue weighted by atomic mass is 31.2. The van der Waals surface area contributed by atoms with E-state index in [9.17, 15) is 4.57 Å². The maximum absolute atomic E-state index is 10.8. The molecule has 32 heavy (non-hydrogen) atoms. The number of ether oxygens (including phenoxy) is 7. The monoisotopic (exact) mass is 490 g/mol. The van der Waals surface area contributed by atoms with Gasteiger partial charge in [-0.2, -0.15) is 0 Å². The maximum atomic E-state index is 10.8. The average molecular weight is 491 g/mol. The minimum Gasteiger partial charge on any atom is -0.385 e. The SMILES string of the molecule is COCCCOCC(COCCCOC)(COCCCOC)COCCCOP(=O)(O)O. The van der Waals surface area contributed by atoms with Gasteiger partial charge in [-0.05, 0) is 25.7 Å². The van der Waals surface area contributed by atoms with Gasteiger partial charge >= 0.3 is 7.82 Å². The highest BCUT2D eigenvalue weighted by Gasteiger charge is 2.32. The Balaban J connectivity index is 4.77. The number of methoxy groups -OCH3 is 3. The van der Waals surface area contributed by atoms with Crippen molar-refractivity contribution >= 4 is 7.82 Å². The molecule has 0 aliphatic rings. The summed E-state index contributed by atoms with van der Waals surface area (Å²) in [7, 11) is 0.481. The molecule has 0 bridgehead atoms. The van der Waals surface area contributed by atoms with Gasteiger partial charge in [0.25, 0.3) is 0 Å². The molecule has 0 saturated carbocycles. The minimum absolute atomic E-state index is 0.0914. The Labute approximate surface area is 192 Å². The van der Waals surface area contributed by atoms with Gasteiger partial charge in [0.05, 0.1) is 38.4 Å². The predicted octanol–water partition coefficient (Wildman–Crippen LogP) is 1.65. The van der Waals surface area contributed by atoms with E-state index in [1.54, 1.807) is 21.3 Å². The Hall–Kier alpha value is -0.170. The Morgan fingerprint density at radius 3 is 1.16 bits per heavy atom. The normalized spacial score (nSPS) is 12.5. The van der Waals surface area contributed by atoms with Crippen molar-refractivity contribution in [2.24, 2.45) is 5.41 Å². The second-order valence-corrected chi connectivity index (χ2v) is 8.67. The predicted molar refractivity (Wildman–Crippen MR) is 118 cm³/mol. The van der Waals surface area contributed by atoms with Gasteiger partial charge in [-0.25, -0.2) is 4.57 Å². The van der Waals surface area contributed by atoms with Gasteiger partial charge in [0.15, 0.2) is 0 Å². The molecule has 0 amide bonds. The molecular formula is C20H43O11P. The van der Waals surface area contributed by atoms with Crippen LogP contribution in [-0.4, -0.2) is 110 Å². The minimum atomic E-state index is -4.47. The Morgan fingerprint density at radius 1 is 0.562 bits per heavy atom. The fourth-order valence-corrected chi connectivity index (χ4v) is 3.03. The molecule has 0 spiro atoms. The van der Waals surface area contributed by atoms with E-state index in [2.05, 4.69) is 4.52 Å². The fourth-order valence-electron chi connectivity index (χ4n) is 2.67. The number of phosphoric ester groups is 1. The van der Waals surface area contributed by atoms with Crippen LogP contribution in [0.2, 0.25) is 0 Å². The molecule has 0 aromatic heterocycles. The van der Waals surface area contributed by atoms with Crippen LogP contribution in [-0.2, 0) is 42.2 Å². The van der Waals surface area contributed by atoms with E-state index in [1.807, 2.05) is 0 Å². The number of phosphoric acid groups is 1. The van der Waals surface area contributed by atoms with Crippen LogP contribution in [0.3, 0.4) is 0 Å². The first-order valence-corrected chi connectivity index (χ1v) is 12.4. The third kappa shape index (κ3) is 20.4. The summed E-state index contributed by atoms with van der Waals surface area (Å²) in [5.74, 6) is 0. The highest BCUT2D eigenvalue weighted by Crippen LogP contribution is 2.35. The van der Waals surface area contributed by atoms with E-state index in [4.69, 9.17) is 42.9 Å². The van der Waals surface area contributed by atoms with Gasteiger partial charge in [-0.1, -0.05) is 0 Å². The van der Waals surface area contributed by atoms with Crippen molar-refractivity contribution in [1.82, 2.24) is 0 Å². The first-order valence-electron chi connectivity index (χ1n) is 10.9. The van der Waals surface area contributed by atoms with Crippen LogP contribution in [0.4, 0.5) is 0 Å². The van der Waals surface area contributed by atoms with Crippen LogP contribution in [0.15, 0.2) is 0 Å². The summed E-state index contributed by atoms with van der Waals surface area (Å²) in [6.07, 6.45) is 2.67. The molecule has 2 N–H and O–H groups in total. The first kappa shape index (κ1) is 31.8. The van der Waals surface area contributed by atoms with Crippen molar-refractivity contribution in [3.63, 3.8) is 0 Å². The number of hydrogen-bond acceptors (Lipinski definition) is 9. The van der Waals surface area contributed by atoms with Crippen molar-refractivity contribution in [3.8, 4) is 0 Å². The zero-order chi connectivity index (χ0) is 24.0. The smallest absolute Gasteiger partial charge is 0.385 e. The number of hydrogen-bond donors (Lipinski definition) is 2. The summed E-state index contributed by atoms with van der Waals surface area (Å²) in [6, 6.07) is 0. The van der Waals surface area contributed by atoms with Gasteiger partial charge in [0.2, 0.25) is 0 Å². The fraction of sp³-hybridized carbons (Fsp3) is 1.00. The Kier molecular flexibility index (Phi) is 21.3. The van der Waals surface area contributed by atoms with Crippen molar-refractivity contribution in [3.05, 3.63) is 0 Å². The van der Waals surface area contributed by atoms with Gasteiger partial charge < -0.3 is 42.9 Å². The molecule has 12 heteroatoms. The topological polar surface area (TPSA) is 131 Å². The van der Waals surface area contributed by atoms with Crippen LogP contribution in [0.5, 0.6) is 0 Å². The molecule has 0 aromatic rings. The van der Waals surface area contributed by atoms with E-state index in [0.717, 1.165) is 19.3 Å². The highest BCUT2D eigenvalue weighted by molar-refractivity contribution is 7.46. The van der Waals surface area contributed by atoms with Gasteiger partial charge in [-0.15, -0.1) is 0 Å². The molecule has 0 atom stereocenters. The first-order chi connectivity index (χ1) is 15.4. The molecular weight excluding hydrogens is 447 g/mol. The molecule has 194 valence electrons. The largest absolute Gasteiger partial charge is 0.469 e. The quantitative estimate of drug-likeness (QED) is 0.143. The number of rotatable bonds is 25. The van der Waals surface area contributed by atoms with Crippen LogP contribution >= 0.6 is 7.82 Å². The lowest BCUT2D eigenvalue weighted by atomic mass is 9.92. The average Bonchev–Trinajstić information content (AvgIpc) is 2.75. The molecule has 0 radical (unpaired) electrons. The Morgan fingerprint density at radius 2 is 0.875 bits per heavy atom. The summed E-state index contributed by atoms with van der Waals surface area (Å²) >= 11 is 0. The molecule has 11 nitrogen and oxygen atoms in total. The lowest BCUT2D eigenvalue weighted by Crippen LogP contribution is -2.42. The summed E-state index contributed by atoms with van der Waals surface area (Å²) in [4.78, 5) is 17.5. The van der Waals surface area contributed by atoms with Crippen molar-refractivity contribution in [1.29, 1.82) is 0 Å². The molecule has 0 fully saturated rings. The molecule has 0 aliphatic carbocycles. The van der Waals surface area contributed by atoms with Gasteiger partial charge in [0, 0.05) is 67.6 Å². The van der Waals surface area contributed by atoms with Crippen molar-refractivity contribution in [2.75, 3.05) is 101 Å². The zero-order valence-electron chi connectivity index (χ0n) is 19.8. The van der Waals surface area contributed by atoms with E-state index in [1.165, 1.54) is 0 Å². The molecule has 0 aromatic carbocycles. The van der Waals surface area contributed by atoms with Crippen molar-refractivity contribution < 1.29 is 52.0 Å².